The smallest absolute Gasteiger partial charge is 0.161 e. The minimum atomic E-state index is 0.792. The number of hydrogen-bond acceptors (Lipinski definition) is 3. The molecule has 0 saturated carbocycles. The highest BCUT2D eigenvalue weighted by atomic mass is 79.9. The van der Waals surface area contributed by atoms with Gasteiger partial charge in [0.1, 0.15) is 5.82 Å². The minimum Gasteiger partial charge on any atom is -0.369 e. The highest BCUT2D eigenvalue weighted by molar-refractivity contribution is 9.10. The molecule has 0 bridgehead atoms. The quantitative estimate of drug-likeness (QED) is 0.799. The van der Waals surface area contributed by atoms with Crippen LogP contribution in [0.15, 0.2) is 28.7 Å². The Morgan fingerprint density at radius 1 is 1.05 bits per heavy atom. The second-order valence-corrected chi connectivity index (χ2v) is 5.99. The van der Waals surface area contributed by atoms with Crippen molar-refractivity contribution in [2.24, 2.45) is 0 Å². The lowest BCUT2D eigenvalue weighted by atomic mass is 10.1. The van der Waals surface area contributed by atoms with E-state index >= 15 is 0 Å². The van der Waals surface area contributed by atoms with Gasteiger partial charge in [-0.25, -0.2) is 9.97 Å². The molecule has 1 aromatic carbocycles. The van der Waals surface area contributed by atoms with Gasteiger partial charge in [0.2, 0.25) is 0 Å². The zero-order valence-corrected chi connectivity index (χ0v) is 14.5. The van der Waals surface area contributed by atoms with E-state index in [0.29, 0.717) is 0 Å². The van der Waals surface area contributed by atoms with Crippen molar-refractivity contribution in [1.82, 2.24) is 9.97 Å². The number of aromatic nitrogens is 2. The van der Waals surface area contributed by atoms with Gasteiger partial charge in [0.15, 0.2) is 5.82 Å². The van der Waals surface area contributed by atoms with Gasteiger partial charge in [0, 0.05) is 12.1 Å². The van der Waals surface area contributed by atoms with Crippen molar-refractivity contribution < 1.29 is 0 Å². The summed E-state index contributed by atoms with van der Waals surface area (Å²) < 4.78 is 0.994. The van der Waals surface area contributed by atoms with E-state index in [1.807, 2.05) is 0 Å². The largest absolute Gasteiger partial charge is 0.369 e. The van der Waals surface area contributed by atoms with Crippen molar-refractivity contribution in [1.29, 1.82) is 0 Å². The highest BCUT2D eigenvalue weighted by Crippen LogP contribution is 2.28. The molecular weight excluding hydrogens is 326 g/mol. The number of anilines is 1. The predicted octanol–water partition coefficient (Wildman–Crippen LogP) is 4.99. The summed E-state index contributed by atoms with van der Waals surface area (Å²) in [7, 11) is 0. The molecule has 0 unspecified atom stereocenters. The molecule has 1 aromatic heterocycles. The molecule has 21 heavy (non-hydrogen) atoms. The minimum absolute atomic E-state index is 0.792. The topological polar surface area (TPSA) is 37.8 Å². The zero-order valence-electron chi connectivity index (χ0n) is 12.9. The maximum absolute atomic E-state index is 4.73. The molecule has 0 radical (unpaired) electrons. The monoisotopic (exact) mass is 347 g/mol. The Kier molecular flexibility index (Phi) is 5.74. The number of benzene rings is 1. The Bertz CT molecular complexity index is 594. The summed E-state index contributed by atoms with van der Waals surface area (Å²) >= 11 is 3.64. The van der Waals surface area contributed by atoms with E-state index in [9.17, 15) is 0 Å². The molecule has 2 rings (SSSR count). The van der Waals surface area contributed by atoms with Gasteiger partial charge in [-0.1, -0.05) is 50.1 Å². The van der Waals surface area contributed by atoms with Crippen LogP contribution in [0, 0.1) is 6.92 Å². The molecule has 4 heteroatoms. The van der Waals surface area contributed by atoms with Crippen molar-refractivity contribution in [2.45, 2.75) is 40.0 Å². The summed E-state index contributed by atoms with van der Waals surface area (Å²) in [6.07, 6.45) is 3.08. The third-order valence-corrected chi connectivity index (χ3v) is 4.09. The molecule has 3 nitrogen and oxygen atoms in total. The fourth-order valence-corrected chi connectivity index (χ4v) is 2.60. The first kappa shape index (κ1) is 16.0. The van der Waals surface area contributed by atoms with Crippen molar-refractivity contribution >= 4 is 21.7 Å². The van der Waals surface area contributed by atoms with Gasteiger partial charge in [-0.15, -0.1) is 0 Å². The van der Waals surface area contributed by atoms with Gasteiger partial charge in [-0.3, -0.25) is 0 Å². The van der Waals surface area contributed by atoms with E-state index in [1.165, 1.54) is 5.56 Å². The molecule has 0 atom stereocenters. The van der Waals surface area contributed by atoms with Gasteiger partial charge in [0.05, 0.1) is 10.2 Å². The molecule has 0 spiro atoms. The van der Waals surface area contributed by atoms with Gasteiger partial charge < -0.3 is 5.32 Å². The molecule has 0 amide bonds. The molecule has 112 valence electrons. The Hall–Kier alpha value is -1.42. The van der Waals surface area contributed by atoms with Crippen LogP contribution in [0.4, 0.5) is 5.82 Å². The third-order valence-electron chi connectivity index (χ3n) is 3.26. The van der Waals surface area contributed by atoms with E-state index in [4.69, 9.17) is 4.98 Å². The summed E-state index contributed by atoms with van der Waals surface area (Å²) in [6, 6.07) is 8.36. The molecule has 0 fully saturated rings. The number of halogens is 1. The van der Waals surface area contributed by atoms with Crippen LogP contribution in [0.25, 0.3) is 11.4 Å². The highest BCUT2D eigenvalue weighted by Gasteiger charge is 2.12. The second kappa shape index (κ2) is 7.55. The molecule has 0 aliphatic heterocycles. The van der Waals surface area contributed by atoms with E-state index in [2.05, 4.69) is 71.3 Å². The van der Waals surface area contributed by atoms with Crippen LogP contribution in [0.5, 0.6) is 0 Å². The van der Waals surface area contributed by atoms with Crippen LogP contribution in [0.3, 0.4) is 0 Å². The maximum Gasteiger partial charge on any atom is 0.161 e. The van der Waals surface area contributed by atoms with Crippen LogP contribution in [-0.2, 0) is 6.42 Å². The SMILES string of the molecule is CCCNc1nc(-c2ccc(C)cc2)nc(CCC)c1Br. The van der Waals surface area contributed by atoms with E-state index in [-0.39, 0.29) is 0 Å². The summed E-state index contributed by atoms with van der Waals surface area (Å²) in [6.45, 7) is 7.31. The van der Waals surface area contributed by atoms with Gasteiger partial charge in [0.25, 0.3) is 0 Å². The maximum atomic E-state index is 4.73. The van der Waals surface area contributed by atoms with Crippen LogP contribution in [-0.4, -0.2) is 16.5 Å². The predicted molar refractivity (Wildman–Crippen MR) is 92.7 cm³/mol. The van der Waals surface area contributed by atoms with E-state index in [1.54, 1.807) is 0 Å². The summed E-state index contributed by atoms with van der Waals surface area (Å²) in [5.74, 6) is 1.69. The molecule has 1 heterocycles. The number of rotatable bonds is 6. The fourth-order valence-electron chi connectivity index (χ4n) is 2.09. The zero-order chi connectivity index (χ0) is 15.2. The van der Waals surface area contributed by atoms with Gasteiger partial charge in [-0.05, 0) is 35.7 Å². The second-order valence-electron chi connectivity index (χ2n) is 5.20. The number of aryl methyl sites for hydroxylation is 2. The number of nitrogens with one attached hydrogen (secondary N) is 1. The summed E-state index contributed by atoms with van der Waals surface area (Å²) in [5, 5.41) is 3.38. The lowest BCUT2D eigenvalue weighted by Crippen LogP contribution is -2.07. The average molecular weight is 348 g/mol. The van der Waals surface area contributed by atoms with E-state index < -0.39 is 0 Å². The Balaban J connectivity index is 2.44. The molecule has 0 aliphatic carbocycles. The number of nitrogens with zero attached hydrogens (tertiary/aromatic N) is 2. The summed E-state index contributed by atoms with van der Waals surface area (Å²) in [4.78, 5) is 9.42. The molecule has 0 saturated heterocycles. The normalized spacial score (nSPS) is 10.7. The Labute approximate surface area is 135 Å². The fraction of sp³-hybridized carbons (Fsp3) is 0.412. The Morgan fingerprint density at radius 3 is 2.38 bits per heavy atom. The molecule has 0 aliphatic rings. The summed E-state index contributed by atoms with van der Waals surface area (Å²) in [5.41, 5.74) is 3.38. The molecule has 1 N–H and O–H groups in total. The molecule has 2 aromatic rings. The van der Waals surface area contributed by atoms with E-state index in [0.717, 1.165) is 53.2 Å². The third kappa shape index (κ3) is 4.03. The van der Waals surface area contributed by atoms with Crippen molar-refractivity contribution in [3.63, 3.8) is 0 Å². The van der Waals surface area contributed by atoms with Crippen molar-refractivity contribution in [3.8, 4) is 11.4 Å². The Morgan fingerprint density at radius 2 is 1.76 bits per heavy atom. The lowest BCUT2D eigenvalue weighted by Gasteiger charge is -2.12. The van der Waals surface area contributed by atoms with Crippen LogP contribution >= 0.6 is 15.9 Å². The van der Waals surface area contributed by atoms with Crippen molar-refractivity contribution in [3.05, 3.63) is 40.0 Å². The lowest BCUT2D eigenvalue weighted by molar-refractivity contribution is 0.865. The first-order chi connectivity index (χ1) is 10.2. The first-order valence-corrected chi connectivity index (χ1v) is 8.32. The number of hydrogen-bond donors (Lipinski definition) is 1. The van der Waals surface area contributed by atoms with Crippen LogP contribution < -0.4 is 5.32 Å². The standard InChI is InChI=1S/C17H22BrN3/c1-4-6-14-15(18)17(19-11-5-2)21-16(20-14)13-9-7-12(3)8-10-13/h7-10H,4-6,11H2,1-3H3,(H,19,20,21). The van der Waals surface area contributed by atoms with Gasteiger partial charge in [-0.2, -0.15) is 0 Å². The molecular formula is C17H22BrN3. The van der Waals surface area contributed by atoms with Crippen LogP contribution in [0.1, 0.15) is 37.9 Å². The van der Waals surface area contributed by atoms with Crippen molar-refractivity contribution in [2.75, 3.05) is 11.9 Å². The van der Waals surface area contributed by atoms with Gasteiger partial charge >= 0.3 is 0 Å². The average Bonchev–Trinajstić information content (AvgIpc) is 2.49. The van der Waals surface area contributed by atoms with Crippen LogP contribution in [0.2, 0.25) is 0 Å². The first-order valence-electron chi connectivity index (χ1n) is 7.53.